The third kappa shape index (κ3) is 2.00. The average molecular weight is 174 g/mol. The molecule has 66 valence electrons. The summed E-state index contributed by atoms with van der Waals surface area (Å²) in [5.41, 5.74) is -0.0893. The topological polar surface area (TPSA) is 12.9 Å². The smallest absolute Gasteiger partial charge is 0.445 e. The molecule has 0 saturated heterocycles. The lowest BCUT2D eigenvalue weighted by atomic mass is 9.80. The van der Waals surface area contributed by atoms with Crippen molar-refractivity contribution >= 4 is 12.4 Å². The maximum Gasteiger partial charge on any atom is 0.509 e. The molecule has 12 heavy (non-hydrogen) atoms. The summed E-state index contributed by atoms with van der Waals surface area (Å²) in [7, 11) is 0. The Morgan fingerprint density at radius 1 is 1.42 bits per heavy atom. The third-order valence-corrected chi connectivity index (χ3v) is 1.58. The minimum Gasteiger partial charge on any atom is -0.445 e. The molecule has 0 spiro atoms. The lowest BCUT2D eigenvalue weighted by Gasteiger charge is -2.14. The molecule has 0 aromatic carbocycles. The Morgan fingerprint density at radius 3 is 2.58 bits per heavy atom. The molecule has 0 bridgehead atoms. The first-order valence-corrected chi connectivity index (χ1v) is 3.69. The minimum absolute atomic E-state index is 0.478. The van der Waals surface area contributed by atoms with Crippen molar-refractivity contribution in [2.45, 2.75) is 13.3 Å². The van der Waals surface area contributed by atoms with Crippen molar-refractivity contribution < 1.29 is 12.9 Å². The normalized spacial score (nSPS) is 11.7. The first kappa shape index (κ1) is 9.10. The Kier molecular flexibility index (Phi) is 2.40. The van der Waals surface area contributed by atoms with Crippen LogP contribution in [-0.4, -0.2) is 12.0 Å². The second kappa shape index (κ2) is 3.17. The van der Waals surface area contributed by atoms with Gasteiger partial charge in [0.05, 0.1) is 0 Å². The van der Waals surface area contributed by atoms with Gasteiger partial charge in [0.15, 0.2) is 0 Å². The van der Waals surface area contributed by atoms with E-state index in [0.29, 0.717) is 12.1 Å². The van der Waals surface area contributed by atoms with Crippen molar-refractivity contribution in [3.05, 3.63) is 24.0 Å². The minimum atomic E-state index is -4.87. The molecule has 1 aromatic rings. The number of hydrogen-bond acceptors (Lipinski definition) is 1. The standard InChI is InChI=1S/C7H8BF3N/c1-2-7-5-6(3-4-12-7)8(9,10)11/h3-5H,2H2,1H3/q-1. The monoisotopic (exact) mass is 174 g/mol. The van der Waals surface area contributed by atoms with E-state index >= 15 is 0 Å². The maximum absolute atomic E-state index is 12.1. The van der Waals surface area contributed by atoms with Crippen LogP contribution in [-0.2, 0) is 6.42 Å². The van der Waals surface area contributed by atoms with Crippen LogP contribution in [0.5, 0.6) is 0 Å². The summed E-state index contributed by atoms with van der Waals surface area (Å²) in [5.74, 6) is 0. The summed E-state index contributed by atoms with van der Waals surface area (Å²) in [6.07, 6.45) is 1.73. The molecule has 0 aliphatic heterocycles. The lowest BCUT2D eigenvalue weighted by molar-refractivity contribution is 0.501. The van der Waals surface area contributed by atoms with Crippen LogP contribution in [0, 0.1) is 0 Å². The van der Waals surface area contributed by atoms with Crippen LogP contribution in [0.15, 0.2) is 18.3 Å². The molecule has 0 saturated carbocycles. The fourth-order valence-electron chi connectivity index (χ4n) is 0.894. The molecule has 0 N–H and O–H groups in total. The number of aryl methyl sites for hydroxylation is 1. The van der Waals surface area contributed by atoms with Crippen molar-refractivity contribution in [2.24, 2.45) is 0 Å². The van der Waals surface area contributed by atoms with Gasteiger partial charge in [-0.1, -0.05) is 19.1 Å². The highest BCUT2D eigenvalue weighted by atomic mass is 19.4. The van der Waals surface area contributed by atoms with Crippen LogP contribution in [0.4, 0.5) is 12.9 Å². The molecule has 0 aliphatic rings. The van der Waals surface area contributed by atoms with Crippen LogP contribution in [0.1, 0.15) is 12.6 Å². The molecular weight excluding hydrogens is 166 g/mol. The zero-order valence-corrected chi connectivity index (χ0v) is 6.60. The van der Waals surface area contributed by atoms with Gasteiger partial charge >= 0.3 is 6.98 Å². The van der Waals surface area contributed by atoms with Crippen molar-refractivity contribution in [1.82, 2.24) is 4.98 Å². The molecule has 1 heterocycles. The van der Waals surface area contributed by atoms with E-state index < -0.39 is 12.4 Å². The van der Waals surface area contributed by atoms with Crippen LogP contribution in [0.3, 0.4) is 0 Å². The molecule has 1 aromatic heterocycles. The molecule has 0 radical (unpaired) electrons. The maximum atomic E-state index is 12.1. The molecule has 0 aliphatic carbocycles. The number of aromatic nitrogens is 1. The SMILES string of the molecule is CCc1cc([B-](F)(F)F)ccn1. The van der Waals surface area contributed by atoms with Crippen LogP contribution >= 0.6 is 0 Å². The molecule has 1 rings (SSSR count). The van der Waals surface area contributed by atoms with Gasteiger partial charge in [-0.2, -0.15) is 0 Å². The number of rotatable bonds is 2. The van der Waals surface area contributed by atoms with E-state index in [1.807, 2.05) is 0 Å². The van der Waals surface area contributed by atoms with Gasteiger partial charge in [-0.25, -0.2) is 0 Å². The second-order valence-electron chi connectivity index (χ2n) is 2.51. The first-order chi connectivity index (χ1) is 5.54. The fourth-order valence-corrected chi connectivity index (χ4v) is 0.894. The van der Waals surface area contributed by atoms with Crippen molar-refractivity contribution in [3.8, 4) is 0 Å². The Labute approximate surface area is 68.7 Å². The molecule has 1 nitrogen and oxygen atoms in total. The van der Waals surface area contributed by atoms with Gasteiger partial charge in [0, 0.05) is 11.9 Å². The number of hydrogen-bond donors (Lipinski definition) is 0. The van der Waals surface area contributed by atoms with Gasteiger partial charge < -0.3 is 12.9 Å². The Hall–Kier alpha value is -0.995. The predicted octanol–water partition coefficient (Wildman–Crippen LogP) is 1.70. The Bertz CT molecular complexity index is 272. The summed E-state index contributed by atoms with van der Waals surface area (Å²) in [4.78, 5) is 3.78. The largest absolute Gasteiger partial charge is 0.509 e. The summed E-state index contributed by atoms with van der Waals surface area (Å²) < 4.78 is 36.4. The van der Waals surface area contributed by atoms with Gasteiger partial charge in [0.25, 0.3) is 0 Å². The second-order valence-corrected chi connectivity index (χ2v) is 2.51. The van der Waals surface area contributed by atoms with E-state index in [0.717, 1.165) is 12.1 Å². The zero-order valence-electron chi connectivity index (χ0n) is 6.60. The highest BCUT2D eigenvalue weighted by molar-refractivity contribution is 6.73. The summed E-state index contributed by atoms with van der Waals surface area (Å²) in [5, 5.41) is 0. The number of nitrogens with zero attached hydrogens (tertiary/aromatic N) is 1. The summed E-state index contributed by atoms with van der Waals surface area (Å²) >= 11 is 0. The summed E-state index contributed by atoms with van der Waals surface area (Å²) in [6.45, 7) is -3.10. The Balaban J connectivity index is 3.02. The van der Waals surface area contributed by atoms with Crippen molar-refractivity contribution in [3.63, 3.8) is 0 Å². The van der Waals surface area contributed by atoms with Crippen LogP contribution in [0.25, 0.3) is 0 Å². The molecule has 0 unspecified atom stereocenters. The van der Waals surface area contributed by atoms with E-state index in [2.05, 4.69) is 4.98 Å². The van der Waals surface area contributed by atoms with E-state index in [4.69, 9.17) is 0 Å². The highest BCUT2D eigenvalue weighted by Crippen LogP contribution is 2.08. The summed E-state index contributed by atoms with van der Waals surface area (Å²) in [6, 6.07) is 2.10. The van der Waals surface area contributed by atoms with Gasteiger partial charge in [-0.15, -0.1) is 5.46 Å². The third-order valence-electron chi connectivity index (χ3n) is 1.58. The van der Waals surface area contributed by atoms with Crippen LogP contribution in [0.2, 0.25) is 0 Å². The predicted molar refractivity (Wildman–Crippen MR) is 42.3 cm³/mol. The van der Waals surface area contributed by atoms with Gasteiger partial charge in [-0.3, -0.25) is 4.98 Å². The van der Waals surface area contributed by atoms with E-state index in [-0.39, 0.29) is 0 Å². The number of halogens is 3. The zero-order chi connectivity index (χ0) is 9.19. The first-order valence-electron chi connectivity index (χ1n) is 3.69. The number of pyridine rings is 1. The molecule has 0 fully saturated rings. The van der Waals surface area contributed by atoms with Crippen molar-refractivity contribution in [2.75, 3.05) is 0 Å². The Morgan fingerprint density at radius 2 is 2.08 bits per heavy atom. The fraction of sp³-hybridized carbons (Fsp3) is 0.286. The van der Waals surface area contributed by atoms with Gasteiger partial charge in [0.2, 0.25) is 0 Å². The van der Waals surface area contributed by atoms with Gasteiger partial charge in [-0.05, 0) is 6.42 Å². The van der Waals surface area contributed by atoms with Gasteiger partial charge in [0.1, 0.15) is 0 Å². The quantitative estimate of drug-likeness (QED) is 0.621. The molecule has 5 heteroatoms. The molecular formula is C7H8BF3N-. The molecule has 0 atom stereocenters. The van der Waals surface area contributed by atoms with Crippen molar-refractivity contribution in [1.29, 1.82) is 0 Å². The van der Waals surface area contributed by atoms with Crippen LogP contribution < -0.4 is 5.46 Å². The average Bonchev–Trinajstić information content (AvgIpc) is 2.03. The highest BCUT2D eigenvalue weighted by Gasteiger charge is 2.25. The lowest BCUT2D eigenvalue weighted by Crippen LogP contribution is -2.34. The van der Waals surface area contributed by atoms with E-state index in [9.17, 15) is 12.9 Å². The van der Waals surface area contributed by atoms with E-state index in [1.54, 1.807) is 6.92 Å². The van der Waals surface area contributed by atoms with E-state index in [1.165, 1.54) is 6.20 Å². The molecule has 0 amide bonds.